The van der Waals surface area contributed by atoms with Gasteiger partial charge in [-0.1, -0.05) is 50.2 Å². The Morgan fingerprint density at radius 1 is 0.891 bits per heavy atom. The van der Waals surface area contributed by atoms with Crippen LogP contribution in [0.2, 0.25) is 0 Å². The molecular weight excluding hydrogens is 574 g/mol. The minimum atomic E-state index is -0.508. The minimum absolute atomic E-state index is 0.0144. The van der Waals surface area contributed by atoms with Crippen LogP contribution in [0.5, 0.6) is 0 Å². The molecule has 0 radical (unpaired) electrons. The quantitative estimate of drug-likeness (QED) is 0.191. The summed E-state index contributed by atoms with van der Waals surface area (Å²) < 4.78 is 0. The fourth-order valence-electron chi connectivity index (χ4n) is 6.47. The monoisotopic (exact) mass is 619 g/mol. The van der Waals surface area contributed by atoms with Crippen LogP contribution in [0.25, 0.3) is 11.1 Å². The van der Waals surface area contributed by atoms with Gasteiger partial charge in [-0.2, -0.15) is 5.11 Å². The summed E-state index contributed by atoms with van der Waals surface area (Å²) in [4.78, 5) is 44.0. The van der Waals surface area contributed by atoms with E-state index in [1.165, 1.54) is 0 Å². The Kier molecular flexibility index (Phi) is 11.0. The molecule has 0 saturated heterocycles. The zero-order chi connectivity index (χ0) is 32.6. The van der Waals surface area contributed by atoms with Crippen molar-refractivity contribution in [1.29, 1.82) is 0 Å². The smallest absolute Gasteiger partial charge is 0.228 e. The molecule has 2 aliphatic rings. The number of nitrogens with zero attached hydrogens (tertiary/aromatic N) is 3. The Labute approximate surface area is 272 Å². The van der Waals surface area contributed by atoms with Crippen molar-refractivity contribution in [3.8, 4) is 11.1 Å². The number of anilines is 1. The van der Waals surface area contributed by atoms with Gasteiger partial charge in [-0.15, -0.1) is 5.11 Å². The summed E-state index contributed by atoms with van der Waals surface area (Å²) in [6.45, 7) is 7.13. The molecule has 1 aliphatic carbocycles. The zero-order valence-corrected chi connectivity index (χ0v) is 27.2. The summed E-state index contributed by atoms with van der Waals surface area (Å²) in [5, 5.41) is 11.0. The summed E-state index contributed by atoms with van der Waals surface area (Å²) in [5.74, 6) is 1.02. The van der Waals surface area contributed by atoms with Crippen LogP contribution in [0.15, 0.2) is 82.0 Å². The van der Waals surface area contributed by atoms with E-state index < -0.39 is 5.92 Å². The maximum Gasteiger partial charge on any atom is 0.228 e. The number of aryl methyl sites for hydroxylation is 1. The molecule has 240 valence electrons. The van der Waals surface area contributed by atoms with Crippen LogP contribution < -0.4 is 11.1 Å². The molecule has 1 saturated carbocycles. The van der Waals surface area contributed by atoms with Crippen molar-refractivity contribution in [2.24, 2.45) is 44.6 Å². The number of amidine groups is 1. The van der Waals surface area contributed by atoms with E-state index in [1.54, 1.807) is 0 Å². The second kappa shape index (κ2) is 15.3. The minimum Gasteiger partial charge on any atom is -0.330 e. The van der Waals surface area contributed by atoms with E-state index in [0.29, 0.717) is 49.4 Å². The molecule has 3 N–H and O–H groups in total. The van der Waals surface area contributed by atoms with E-state index in [1.807, 2.05) is 61.5 Å². The highest BCUT2D eigenvalue weighted by Gasteiger charge is 2.30. The van der Waals surface area contributed by atoms with Gasteiger partial charge in [0.05, 0.1) is 0 Å². The van der Waals surface area contributed by atoms with Crippen LogP contribution in [-0.4, -0.2) is 36.5 Å². The second-order valence-electron chi connectivity index (χ2n) is 13.2. The van der Waals surface area contributed by atoms with Crippen LogP contribution in [0.1, 0.15) is 79.4 Å². The first kappa shape index (κ1) is 33.1. The van der Waals surface area contributed by atoms with Crippen LogP contribution in [0, 0.1) is 30.6 Å². The predicted octanol–water partition coefficient (Wildman–Crippen LogP) is 7.58. The fraction of sp³-hybridized carbons (Fsp3) is 0.421. The van der Waals surface area contributed by atoms with E-state index in [0.717, 1.165) is 59.1 Å². The molecule has 3 aromatic rings. The molecule has 1 amide bonds. The number of ketones is 2. The van der Waals surface area contributed by atoms with Gasteiger partial charge in [0.25, 0.3) is 0 Å². The Bertz CT molecular complexity index is 1600. The highest BCUT2D eigenvalue weighted by Crippen LogP contribution is 2.32. The predicted molar refractivity (Wildman–Crippen MR) is 183 cm³/mol. The van der Waals surface area contributed by atoms with E-state index in [2.05, 4.69) is 46.5 Å². The van der Waals surface area contributed by atoms with Crippen molar-refractivity contribution in [2.45, 2.75) is 65.7 Å². The lowest BCUT2D eigenvalue weighted by Gasteiger charge is -2.27. The van der Waals surface area contributed by atoms with Gasteiger partial charge in [0.1, 0.15) is 5.78 Å². The van der Waals surface area contributed by atoms with Crippen molar-refractivity contribution < 1.29 is 14.4 Å². The molecule has 0 spiro atoms. The molecule has 8 nitrogen and oxygen atoms in total. The summed E-state index contributed by atoms with van der Waals surface area (Å²) in [5.41, 5.74) is 12.3. The maximum atomic E-state index is 13.7. The van der Waals surface area contributed by atoms with Crippen molar-refractivity contribution in [2.75, 3.05) is 18.5 Å². The number of benzene rings is 3. The summed E-state index contributed by atoms with van der Waals surface area (Å²) >= 11 is 0. The van der Waals surface area contributed by atoms with Crippen molar-refractivity contribution in [1.82, 2.24) is 0 Å². The van der Waals surface area contributed by atoms with Crippen LogP contribution in [0.3, 0.4) is 0 Å². The molecule has 1 aliphatic heterocycles. The molecule has 3 aromatic carbocycles. The molecule has 8 heteroatoms. The third-order valence-corrected chi connectivity index (χ3v) is 9.20. The number of amides is 1. The van der Waals surface area contributed by atoms with Gasteiger partial charge < -0.3 is 11.1 Å². The lowest BCUT2D eigenvalue weighted by Crippen LogP contribution is -2.31. The van der Waals surface area contributed by atoms with E-state index in [4.69, 9.17) is 5.73 Å². The molecule has 5 rings (SSSR count). The van der Waals surface area contributed by atoms with Gasteiger partial charge in [-0.25, -0.2) is 4.99 Å². The number of Topliss-reactive ketones (excluding diaryl/α,β-unsaturated/α-hetero) is 2. The Morgan fingerprint density at radius 3 is 2.20 bits per heavy atom. The van der Waals surface area contributed by atoms with Gasteiger partial charge in [0, 0.05) is 41.5 Å². The lowest BCUT2D eigenvalue weighted by molar-refractivity contribution is -0.129. The molecular formula is C38H45N5O3. The molecule has 46 heavy (non-hydrogen) atoms. The normalized spacial score (nSPS) is 18.3. The number of nitrogens with one attached hydrogen (secondary N) is 1. The van der Waals surface area contributed by atoms with Crippen molar-refractivity contribution in [3.05, 3.63) is 89.0 Å². The number of nitrogens with two attached hydrogens (primary N) is 1. The standard InChI is InChI=1S/C38H45N5O3/c1-24(2)18-35(44)31-14-17-34(25(3)19-31)28-8-4-26(5-9-28)20-32(21-36(45)29-10-6-27(22-39)7-11-29)38(46)42-33-15-12-30(13-16-33)37-40-23-41-43-37/h4-5,8-9,12-17,19,24,27,29,32H,6-7,10-11,18,20-23,39H2,1-3H3,(H,42,46)/t27?,29?,32-/m1/s1. The summed E-state index contributed by atoms with van der Waals surface area (Å²) in [6, 6.07) is 21.5. The average Bonchev–Trinajstić information content (AvgIpc) is 3.60. The maximum absolute atomic E-state index is 13.7. The molecule has 0 unspecified atom stereocenters. The highest BCUT2D eigenvalue weighted by molar-refractivity contribution is 6.01. The number of aliphatic imine (C=N–C) groups is 1. The SMILES string of the molecule is Cc1cc(C(=O)CC(C)C)ccc1-c1ccc(C[C@H](CC(=O)C2CCC(CN)CC2)C(=O)Nc2ccc(C3=NCN=N3)cc2)cc1. The lowest BCUT2D eigenvalue weighted by atomic mass is 9.77. The largest absolute Gasteiger partial charge is 0.330 e. The molecule has 1 atom stereocenters. The van der Waals surface area contributed by atoms with Gasteiger partial charge >= 0.3 is 0 Å². The van der Waals surface area contributed by atoms with Crippen molar-refractivity contribution in [3.63, 3.8) is 0 Å². The Balaban J connectivity index is 1.30. The van der Waals surface area contributed by atoms with E-state index >= 15 is 0 Å². The zero-order valence-electron chi connectivity index (χ0n) is 27.2. The topological polar surface area (TPSA) is 126 Å². The highest BCUT2D eigenvalue weighted by atomic mass is 16.2. The van der Waals surface area contributed by atoms with Gasteiger partial charge in [0.2, 0.25) is 5.91 Å². The number of hydrogen-bond donors (Lipinski definition) is 2. The number of hydrogen-bond acceptors (Lipinski definition) is 7. The number of carbonyl (C=O) groups is 3. The molecule has 0 bridgehead atoms. The van der Waals surface area contributed by atoms with Crippen LogP contribution >= 0.6 is 0 Å². The van der Waals surface area contributed by atoms with Gasteiger partial charge in [0.15, 0.2) is 18.3 Å². The Morgan fingerprint density at radius 2 is 1.59 bits per heavy atom. The first-order valence-electron chi connectivity index (χ1n) is 16.5. The number of rotatable bonds is 13. The van der Waals surface area contributed by atoms with E-state index in [9.17, 15) is 14.4 Å². The van der Waals surface area contributed by atoms with E-state index in [-0.39, 0.29) is 29.8 Å². The summed E-state index contributed by atoms with van der Waals surface area (Å²) in [7, 11) is 0. The first-order valence-corrected chi connectivity index (χ1v) is 16.5. The third-order valence-electron chi connectivity index (χ3n) is 9.20. The van der Waals surface area contributed by atoms with Crippen LogP contribution in [-0.2, 0) is 16.0 Å². The molecule has 1 heterocycles. The fourth-order valence-corrected chi connectivity index (χ4v) is 6.47. The van der Waals surface area contributed by atoms with Crippen LogP contribution in [0.4, 0.5) is 5.69 Å². The third kappa shape index (κ3) is 8.49. The molecule has 0 aromatic heterocycles. The summed E-state index contributed by atoms with van der Waals surface area (Å²) in [6.07, 6.45) is 4.80. The molecule has 1 fully saturated rings. The second-order valence-corrected chi connectivity index (χ2v) is 13.2. The van der Waals surface area contributed by atoms with Gasteiger partial charge in [-0.05, 0) is 110 Å². The number of carbonyl (C=O) groups excluding carboxylic acids is 3. The van der Waals surface area contributed by atoms with Gasteiger partial charge in [-0.3, -0.25) is 14.4 Å². The first-order chi connectivity index (χ1) is 22.2. The average molecular weight is 620 g/mol. The Hall–Kier alpha value is -4.30. The van der Waals surface area contributed by atoms with Crippen molar-refractivity contribution >= 4 is 29.0 Å². The number of azo groups is 1.